The number of alkyl halides is 3. The van der Waals surface area contributed by atoms with Gasteiger partial charge in [-0.25, -0.2) is 4.79 Å². The average molecular weight is 517 g/mol. The fourth-order valence-corrected chi connectivity index (χ4v) is 6.16. The number of methoxy groups -OCH3 is 1. The molecule has 0 saturated carbocycles. The first kappa shape index (κ1) is 27.0. The number of carbonyl (C=O) groups is 4. The molecule has 4 atom stereocenters. The Balaban J connectivity index is 0.000000429. The van der Waals surface area contributed by atoms with Crippen LogP contribution in [0.25, 0.3) is 0 Å². The predicted molar refractivity (Wildman–Crippen MR) is 119 cm³/mol. The number of carboxylic acids is 1. The van der Waals surface area contributed by atoms with Crippen LogP contribution < -0.4 is 0 Å². The lowest BCUT2D eigenvalue weighted by atomic mass is 9.77. The lowest BCUT2D eigenvalue weighted by Gasteiger charge is -2.36. The zero-order valence-corrected chi connectivity index (χ0v) is 20.3. The normalized spacial score (nSPS) is 27.8. The number of amides is 2. The number of carboxylic acid groups (broad SMARTS) is 1. The van der Waals surface area contributed by atoms with Gasteiger partial charge in [0.1, 0.15) is 5.54 Å². The number of hydrogen-bond donors (Lipinski definition) is 1. The molecule has 12 heteroatoms. The maximum atomic E-state index is 13.2. The van der Waals surface area contributed by atoms with Crippen molar-refractivity contribution >= 4 is 35.5 Å². The summed E-state index contributed by atoms with van der Waals surface area (Å²) in [5, 5.41) is 7.12. The van der Waals surface area contributed by atoms with Crippen molar-refractivity contribution in [1.82, 2.24) is 9.80 Å². The van der Waals surface area contributed by atoms with Crippen molar-refractivity contribution < 1.29 is 42.2 Å². The van der Waals surface area contributed by atoms with Crippen LogP contribution in [0.4, 0.5) is 13.2 Å². The van der Waals surface area contributed by atoms with Gasteiger partial charge >= 0.3 is 18.1 Å². The Morgan fingerprint density at radius 3 is 2.26 bits per heavy atom. The molecule has 3 fully saturated rings. The van der Waals surface area contributed by atoms with Crippen LogP contribution in [-0.2, 0) is 23.9 Å². The average Bonchev–Trinajstić information content (AvgIpc) is 3.42. The van der Waals surface area contributed by atoms with Crippen molar-refractivity contribution in [2.75, 3.05) is 26.0 Å². The van der Waals surface area contributed by atoms with E-state index in [4.69, 9.17) is 14.6 Å². The van der Waals surface area contributed by atoms with Gasteiger partial charge in [0.15, 0.2) is 0 Å². The lowest BCUT2D eigenvalue weighted by Crippen LogP contribution is -2.54. The number of aliphatic carboxylic acids is 1. The highest BCUT2D eigenvalue weighted by molar-refractivity contribution is 7.99. The number of nitrogens with zero attached hydrogens (tertiary/aromatic N) is 2. The third kappa shape index (κ3) is 4.53. The van der Waals surface area contributed by atoms with Gasteiger partial charge in [0.05, 0.1) is 18.9 Å². The number of hydrogen-bond acceptors (Lipinski definition) is 7. The Labute approximate surface area is 204 Å². The zero-order valence-electron chi connectivity index (χ0n) is 19.5. The second-order valence-corrected chi connectivity index (χ2v) is 9.72. The van der Waals surface area contributed by atoms with Gasteiger partial charge in [0.25, 0.3) is 0 Å². The van der Waals surface area contributed by atoms with E-state index in [9.17, 15) is 27.6 Å². The van der Waals surface area contributed by atoms with Crippen LogP contribution in [0.3, 0.4) is 0 Å². The van der Waals surface area contributed by atoms with Crippen LogP contribution in [0.15, 0.2) is 29.2 Å². The molecular formula is C23H27F3N2O6S. The van der Waals surface area contributed by atoms with Crippen LogP contribution in [-0.4, -0.2) is 76.3 Å². The lowest BCUT2D eigenvalue weighted by molar-refractivity contribution is -0.192. The summed E-state index contributed by atoms with van der Waals surface area (Å²) in [6.07, 6.45) is -3.72. The first-order chi connectivity index (χ1) is 16.4. The van der Waals surface area contributed by atoms with Gasteiger partial charge in [-0.3, -0.25) is 24.2 Å². The number of halogens is 3. The topological polar surface area (TPSA) is 104 Å². The minimum atomic E-state index is -5.08. The summed E-state index contributed by atoms with van der Waals surface area (Å²) in [4.78, 5) is 52.8. The van der Waals surface area contributed by atoms with Crippen LogP contribution in [0, 0.1) is 11.8 Å². The molecule has 0 aromatic heterocycles. The summed E-state index contributed by atoms with van der Waals surface area (Å²) in [6, 6.07) is 7.92. The summed E-state index contributed by atoms with van der Waals surface area (Å²) in [6.45, 7) is 4.93. The summed E-state index contributed by atoms with van der Waals surface area (Å²) >= 11 is 1.76. The number of thioether (sulfide) groups is 1. The van der Waals surface area contributed by atoms with E-state index in [1.807, 2.05) is 12.1 Å². The number of benzene rings is 1. The number of imide groups is 1. The first-order valence-corrected chi connectivity index (χ1v) is 12.2. The molecule has 3 aliphatic heterocycles. The highest BCUT2D eigenvalue weighted by atomic mass is 32.2. The second-order valence-electron chi connectivity index (χ2n) is 8.39. The predicted octanol–water partition coefficient (Wildman–Crippen LogP) is 3.12. The number of likely N-dealkylation sites (tertiary alicyclic amines) is 1. The molecule has 0 bridgehead atoms. The van der Waals surface area contributed by atoms with Crippen molar-refractivity contribution in [3.63, 3.8) is 0 Å². The van der Waals surface area contributed by atoms with Crippen LogP contribution in [0.5, 0.6) is 0 Å². The van der Waals surface area contributed by atoms with Crippen molar-refractivity contribution in [2.24, 2.45) is 11.8 Å². The van der Waals surface area contributed by atoms with E-state index in [2.05, 4.69) is 24.0 Å². The molecule has 3 aliphatic rings. The summed E-state index contributed by atoms with van der Waals surface area (Å²) < 4.78 is 36.9. The molecule has 1 N–H and O–H groups in total. The molecule has 8 nitrogen and oxygen atoms in total. The van der Waals surface area contributed by atoms with E-state index in [0.29, 0.717) is 19.5 Å². The largest absolute Gasteiger partial charge is 0.490 e. The van der Waals surface area contributed by atoms with Crippen molar-refractivity contribution in [1.29, 1.82) is 0 Å². The van der Waals surface area contributed by atoms with Crippen molar-refractivity contribution in [3.8, 4) is 0 Å². The van der Waals surface area contributed by atoms with E-state index in [0.717, 1.165) is 17.7 Å². The van der Waals surface area contributed by atoms with E-state index < -0.39 is 29.5 Å². The minimum Gasteiger partial charge on any atom is -0.475 e. The zero-order chi connectivity index (χ0) is 26.1. The maximum Gasteiger partial charge on any atom is 0.490 e. The summed E-state index contributed by atoms with van der Waals surface area (Å²) in [5.41, 5.74) is -0.0420. The van der Waals surface area contributed by atoms with E-state index >= 15 is 0 Å². The summed E-state index contributed by atoms with van der Waals surface area (Å²) in [5.74, 6) is -3.74. The van der Waals surface area contributed by atoms with E-state index in [1.165, 1.54) is 16.9 Å². The monoisotopic (exact) mass is 516 g/mol. The molecule has 0 unspecified atom stereocenters. The van der Waals surface area contributed by atoms with Gasteiger partial charge in [-0.05, 0) is 49.8 Å². The third-order valence-electron chi connectivity index (χ3n) is 6.73. The molecule has 2 amide bonds. The standard InChI is InChI=1S/C21H26N2O4S.C2HF3O2/c1-4-22-18(24)15-16(19(22)25)21(20(26)27-3)11-6-12-23(21)17(15)13-7-9-14(10-8-13)28-5-2;3-2(4,5)1(6)7/h7-10,15-17H,4-6,11-12H2,1-3H3;(H,6,7)/t15-,16-,17-,21+;/m1./s1. The number of carbonyl (C=O) groups excluding carboxylic acids is 3. The maximum absolute atomic E-state index is 13.2. The third-order valence-corrected chi connectivity index (χ3v) is 7.63. The fourth-order valence-electron chi connectivity index (χ4n) is 5.50. The molecule has 192 valence electrons. The number of fused-ring (bicyclic) bond motifs is 3. The van der Waals surface area contributed by atoms with Crippen LogP contribution >= 0.6 is 11.8 Å². The Bertz CT molecular complexity index is 1000. The van der Waals surface area contributed by atoms with Crippen LogP contribution in [0.2, 0.25) is 0 Å². The van der Waals surface area contributed by atoms with E-state index in [-0.39, 0.29) is 23.8 Å². The SMILES string of the molecule is CCSc1ccc([C@@H]2[C@@H]3C(=O)N(CC)C(=O)[C@@H]3[C@]3(C(=O)OC)CCCN23)cc1.O=C(O)C(F)(F)F. The molecule has 0 radical (unpaired) electrons. The molecule has 0 spiro atoms. The molecule has 1 aromatic rings. The van der Waals surface area contributed by atoms with Gasteiger partial charge in [-0.2, -0.15) is 13.2 Å². The highest BCUT2D eigenvalue weighted by Crippen LogP contribution is 2.59. The molecular weight excluding hydrogens is 489 g/mol. The van der Waals surface area contributed by atoms with Gasteiger partial charge in [-0.15, -0.1) is 11.8 Å². The highest BCUT2D eigenvalue weighted by Gasteiger charge is 2.73. The molecule has 4 rings (SSSR count). The molecule has 1 aromatic carbocycles. The summed E-state index contributed by atoms with van der Waals surface area (Å²) in [7, 11) is 1.37. The second kappa shape index (κ2) is 10.2. The van der Waals surface area contributed by atoms with Crippen molar-refractivity contribution in [2.45, 2.75) is 49.3 Å². The van der Waals surface area contributed by atoms with Gasteiger partial charge in [-0.1, -0.05) is 19.1 Å². The molecule has 35 heavy (non-hydrogen) atoms. The first-order valence-electron chi connectivity index (χ1n) is 11.2. The quantitative estimate of drug-likeness (QED) is 0.362. The van der Waals surface area contributed by atoms with Crippen LogP contribution in [0.1, 0.15) is 38.3 Å². The molecule has 0 aliphatic carbocycles. The van der Waals surface area contributed by atoms with Gasteiger partial charge in [0, 0.05) is 17.5 Å². The Morgan fingerprint density at radius 1 is 1.17 bits per heavy atom. The Hall–Kier alpha value is -2.60. The van der Waals surface area contributed by atoms with E-state index in [1.54, 1.807) is 18.7 Å². The molecule has 3 saturated heterocycles. The van der Waals surface area contributed by atoms with Gasteiger partial charge in [0.2, 0.25) is 11.8 Å². The molecule has 3 heterocycles. The van der Waals surface area contributed by atoms with Gasteiger partial charge < -0.3 is 9.84 Å². The number of rotatable bonds is 5. The smallest absolute Gasteiger partial charge is 0.475 e. The Kier molecular flexibility index (Phi) is 7.85. The number of esters is 1. The fraction of sp³-hybridized carbons (Fsp3) is 0.565. The minimum absolute atomic E-state index is 0.160. The number of ether oxygens (including phenoxy) is 1. The Morgan fingerprint density at radius 2 is 1.77 bits per heavy atom. The van der Waals surface area contributed by atoms with Crippen molar-refractivity contribution in [3.05, 3.63) is 29.8 Å².